The van der Waals surface area contributed by atoms with E-state index in [4.69, 9.17) is 17.3 Å². The Morgan fingerprint density at radius 3 is 2.55 bits per heavy atom. The maximum absolute atomic E-state index is 5.89. The smallest absolute Gasteiger partial charge is 0.0451 e. The Hall–Kier alpha value is -0.790. The van der Waals surface area contributed by atoms with Crippen LogP contribution in [0, 0.1) is 0 Å². The molecule has 0 unspecified atom stereocenters. The van der Waals surface area contributed by atoms with E-state index in [1.807, 2.05) is 30.3 Å². The van der Waals surface area contributed by atoms with E-state index in [-0.39, 0.29) is 0 Å². The van der Waals surface area contributed by atoms with Gasteiger partial charge in [-0.2, -0.15) is 0 Å². The van der Waals surface area contributed by atoms with Crippen LogP contribution in [-0.2, 0) is 0 Å². The monoisotopic (exact) mass is 167 g/mol. The van der Waals surface area contributed by atoms with Crippen molar-refractivity contribution < 1.29 is 0 Å². The molecule has 0 spiro atoms. The van der Waals surface area contributed by atoms with E-state index in [1.54, 1.807) is 6.08 Å². The van der Waals surface area contributed by atoms with Crippen LogP contribution in [-0.4, -0.2) is 6.54 Å². The van der Waals surface area contributed by atoms with Crippen molar-refractivity contribution in [3.63, 3.8) is 0 Å². The van der Waals surface area contributed by atoms with Gasteiger partial charge in [0.1, 0.15) is 0 Å². The van der Waals surface area contributed by atoms with Crippen LogP contribution in [0.5, 0.6) is 0 Å². The second-order valence-electron chi connectivity index (χ2n) is 2.15. The minimum atomic E-state index is 0.480. The molecule has 58 valence electrons. The fraction of sp³-hybridized carbons (Fsp3) is 0.111. The zero-order chi connectivity index (χ0) is 8.10. The summed E-state index contributed by atoms with van der Waals surface area (Å²) >= 11 is 5.89. The highest BCUT2D eigenvalue weighted by atomic mass is 35.5. The van der Waals surface area contributed by atoms with Crippen molar-refractivity contribution in [2.45, 2.75) is 0 Å². The van der Waals surface area contributed by atoms with Gasteiger partial charge in [-0.05, 0) is 5.56 Å². The average Bonchev–Trinajstić information content (AvgIpc) is 2.07. The van der Waals surface area contributed by atoms with E-state index in [9.17, 15) is 0 Å². The summed E-state index contributed by atoms with van der Waals surface area (Å²) in [6.07, 6.45) is 1.79. The van der Waals surface area contributed by atoms with Gasteiger partial charge in [0.2, 0.25) is 0 Å². The summed E-state index contributed by atoms with van der Waals surface area (Å²) in [5.74, 6) is 0. The highest BCUT2D eigenvalue weighted by Crippen LogP contribution is 2.16. The normalized spacial score (nSPS) is 11.6. The molecule has 1 nitrogen and oxygen atoms in total. The van der Waals surface area contributed by atoms with Gasteiger partial charge in [0.15, 0.2) is 0 Å². The van der Waals surface area contributed by atoms with Crippen LogP contribution in [0.1, 0.15) is 5.56 Å². The van der Waals surface area contributed by atoms with Gasteiger partial charge >= 0.3 is 0 Å². The van der Waals surface area contributed by atoms with Gasteiger partial charge in [0, 0.05) is 11.6 Å². The molecule has 1 aromatic rings. The van der Waals surface area contributed by atoms with Crippen LogP contribution in [0.15, 0.2) is 36.4 Å². The Labute approximate surface area is 71.5 Å². The molecule has 11 heavy (non-hydrogen) atoms. The molecule has 0 heterocycles. The quantitative estimate of drug-likeness (QED) is 0.718. The first-order valence-corrected chi connectivity index (χ1v) is 3.83. The van der Waals surface area contributed by atoms with Crippen molar-refractivity contribution in [2.75, 3.05) is 6.54 Å². The van der Waals surface area contributed by atoms with Gasteiger partial charge in [-0.3, -0.25) is 0 Å². The SMILES string of the molecule is NC/C=C(/Cl)c1ccccc1. The highest BCUT2D eigenvalue weighted by molar-refractivity contribution is 6.48. The van der Waals surface area contributed by atoms with E-state index in [1.165, 1.54) is 0 Å². The molecule has 0 radical (unpaired) electrons. The Morgan fingerprint density at radius 2 is 2.00 bits per heavy atom. The molecule has 0 bridgehead atoms. The maximum atomic E-state index is 5.89. The topological polar surface area (TPSA) is 26.0 Å². The lowest BCUT2D eigenvalue weighted by Crippen LogP contribution is -1.93. The molecule has 0 aliphatic heterocycles. The molecule has 1 rings (SSSR count). The van der Waals surface area contributed by atoms with Crippen molar-refractivity contribution in [1.29, 1.82) is 0 Å². The van der Waals surface area contributed by atoms with Crippen LogP contribution in [0.2, 0.25) is 0 Å². The van der Waals surface area contributed by atoms with E-state index >= 15 is 0 Å². The molecule has 0 aliphatic rings. The summed E-state index contributed by atoms with van der Waals surface area (Å²) < 4.78 is 0. The first kappa shape index (κ1) is 8.31. The minimum absolute atomic E-state index is 0.480. The molecule has 0 aliphatic carbocycles. The van der Waals surface area contributed by atoms with Crippen LogP contribution < -0.4 is 5.73 Å². The summed E-state index contributed by atoms with van der Waals surface area (Å²) in [6.45, 7) is 0.480. The fourth-order valence-electron chi connectivity index (χ4n) is 0.819. The number of nitrogens with two attached hydrogens (primary N) is 1. The third-order valence-corrected chi connectivity index (χ3v) is 1.72. The highest BCUT2D eigenvalue weighted by Gasteiger charge is 1.92. The van der Waals surface area contributed by atoms with E-state index in [0.29, 0.717) is 11.6 Å². The summed E-state index contributed by atoms with van der Waals surface area (Å²) in [5.41, 5.74) is 6.32. The number of hydrogen-bond donors (Lipinski definition) is 1. The van der Waals surface area contributed by atoms with Gasteiger partial charge in [0.25, 0.3) is 0 Å². The lowest BCUT2D eigenvalue weighted by Gasteiger charge is -1.96. The number of rotatable bonds is 2. The van der Waals surface area contributed by atoms with E-state index < -0.39 is 0 Å². The maximum Gasteiger partial charge on any atom is 0.0451 e. The number of hydrogen-bond acceptors (Lipinski definition) is 1. The van der Waals surface area contributed by atoms with Crippen LogP contribution in [0.25, 0.3) is 5.03 Å². The molecular weight excluding hydrogens is 158 g/mol. The summed E-state index contributed by atoms with van der Waals surface area (Å²) in [6, 6.07) is 9.75. The minimum Gasteiger partial charge on any atom is -0.327 e. The molecule has 0 aromatic heterocycles. The molecule has 2 N–H and O–H groups in total. The fourth-order valence-corrected chi connectivity index (χ4v) is 1.03. The zero-order valence-electron chi connectivity index (χ0n) is 6.13. The number of halogens is 1. The Kier molecular flexibility index (Phi) is 3.14. The van der Waals surface area contributed by atoms with Crippen molar-refractivity contribution >= 4 is 16.6 Å². The molecule has 0 atom stereocenters. The van der Waals surface area contributed by atoms with Crippen molar-refractivity contribution in [3.8, 4) is 0 Å². The first-order chi connectivity index (χ1) is 5.34. The van der Waals surface area contributed by atoms with Gasteiger partial charge < -0.3 is 5.73 Å². The predicted octanol–water partition coefficient (Wildman–Crippen LogP) is 2.23. The molecule has 0 amide bonds. The van der Waals surface area contributed by atoms with Crippen molar-refractivity contribution in [1.82, 2.24) is 0 Å². The van der Waals surface area contributed by atoms with Crippen molar-refractivity contribution in [3.05, 3.63) is 42.0 Å². The summed E-state index contributed by atoms with van der Waals surface area (Å²) in [4.78, 5) is 0. The summed E-state index contributed by atoms with van der Waals surface area (Å²) in [7, 11) is 0. The largest absolute Gasteiger partial charge is 0.327 e. The second kappa shape index (κ2) is 4.16. The molecule has 1 aromatic carbocycles. The molecular formula is C9H10ClN. The summed E-state index contributed by atoms with van der Waals surface area (Å²) in [5, 5.41) is 0.716. The standard InChI is InChI=1S/C9H10ClN/c10-9(6-7-11)8-4-2-1-3-5-8/h1-6H,7,11H2/b9-6+. The lowest BCUT2D eigenvalue weighted by atomic mass is 10.2. The number of benzene rings is 1. The van der Waals surface area contributed by atoms with Crippen LogP contribution in [0.4, 0.5) is 0 Å². The molecule has 2 heteroatoms. The Morgan fingerprint density at radius 1 is 1.36 bits per heavy atom. The third kappa shape index (κ3) is 2.37. The second-order valence-corrected chi connectivity index (χ2v) is 2.56. The van der Waals surface area contributed by atoms with Gasteiger partial charge in [0.05, 0.1) is 0 Å². The first-order valence-electron chi connectivity index (χ1n) is 3.45. The lowest BCUT2D eigenvalue weighted by molar-refractivity contribution is 1.26. The average molecular weight is 168 g/mol. The third-order valence-electron chi connectivity index (χ3n) is 1.35. The van der Waals surface area contributed by atoms with Gasteiger partial charge in [-0.25, -0.2) is 0 Å². The predicted molar refractivity (Wildman–Crippen MR) is 49.3 cm³/mol. The molecule has 0 saturated carbocycles. The van der Waals surface area contributed by atoms with Crippen LogP contribution in [0.3, 0.4) is 0 Å². The van der Waals surface area contributed by atoms with Crippen LogP contribution >= 0.6 is 11.6 Å². The Bertz CT molecular complexity index is 241. The van der Waals surface area contributed by atoms with E-state index in [2.05, 4.69) is 0 Å². The Balaban J connectivity index is 2.85. The van der Waals surface area contributed by atoms with Crippen molar-refractivity contribution in [2.24, 2.45) is 5.73 Å². The van der Waals surface area contributed by atoms with Gasteiger partial charge in [-0.15, -0.1) is 0 Å². The molecule has 0 fully saturated rings. The zero-order valence-corrected chi connectivity index (χ0v) is 6.88. The van der Waals surface area contributed by atoms with E-state index in [0.717, 1.165) is 5.56 Å². The molecule has 0 saturated heterocycles. The van der Waals surface area contributed by atoms with Gasteiger partial charge in [-0.1, -0.05) is 48.0 Å².